The first-order chi connectivity index (χ1) is 13.4. The van der Waals surface area contributed by atoms with Crippen LogP contribution in [-0.4, -0.2) is 45.2 Å². The van der Waals surface area contributed by atoms with Gasteiger partial charge in [-0.1, -0.05) is 0 Å². The van der Waals surface area contributed by atoms with Crippen molar-refractivity contribution in [2.75, 3.05) is 25.2 Å². The number of hydrogen-bond acceptors (Lipinski definition) is 5. The number of aryl methyl sites for hydroxylation is 1. The molecular formula is C19H25N5O4. The van der Waals surface area contributed by atoms with Gasteiger partial charge in [0.05, 0.1) is 0 Å². The zero-order valence-corrected chi connectivity index (χ0v) is 16.3. The lowest BCUT2D eigenvalue weighted by atomic mass is 9.97. The molecule has 2 aromatic rings. The largest absolute Gasteiger partial charge is 0.454 e. The molecule has 1 fully saturated rings. The fourth-order valence-corrected chi connectivity index (χ4v) is 3.81. The van der Waals surface area contributed by atoms with Gasteiger partial charge >= 0.3 is 11.7 Å². The molecule has 1 N–H and O–H groups in total. The lowest BCUT2D eigenvalue weighted by Crippen LogP contribution is -2.42. The third-order valence-electron chi connectivity index (χ3n) is 5.20. The van der Waals surface area contributed by atoms with E-state index < -0.39 is 0 Å². The minimum Gasteiger partial charge on any atom is -0.454 e. The van der Waals surface area contributed by atoms with Crippen molar-refractivity contribution in [3.05, 3.63) is 34.5 Å². The number of hydrogen-bond donors (Lipinski definition) is 1. The van der Waals surface area contributed by atoms with Crippen LogP contribution in [0.4, 0.5) is 10.5 Å². The first-order valence-electron chi connectivity index (χ1n) is 9.55. The second kappa shape index (κ2) is 7.21. The Morgan fingerprint density at radius 3 is 2.86 bits per heavy atom. The molecule has 2 aliphatic heterocycles. The van der Waals surface area contributed by atoms with Gasteiger partial charge in [0, 0.05) is 43.9 Å². The van der Waals surface area contributed by atoms with E-state index in [1.165, 1.54) is 4.68 Å². The molecule has 9 nitrogen and oxygen atoms in total. The highest BCUT2D eigenvalue weighted by molar-refractivity contribution is 5.89. The zero-order chi connectivity index (χ0) is 19.8. The van der Waals surface area contributed by atoms with E-state index in [0.29, 0.717) is 30.3 Å². The monoisotopic (exact) mass is 387 g/mol. The van der Waals surface area contributed by atoms with Crippen molar-refractivity contribution in [2.24, 2.45) is 7.05 Å². The van der Waals surface area contributed by atoms with Crippen LogP contribution in [0.25, 0.3) is 0 Å². The summed E-state index contributed by atoms with van der Waals surface area (Å²) in [4.78, 5) is 26.9. The van der Waals surface area contributed by atoms with Crippen LogP contribution in [-0.2, 0) is 7.05 Å². The normalized spacial score (nSPS) is 18.6. The van der Waals surface area contributed by atoms with E-state index >= 15 is 0 Å². The number of carbonyl (C=O) groups is 1. The number of urea groups is 1. The van der Waals surface area contributed by atoms with Gasteiger partial charge in [-0.3, -0.25) is 4.57 Å². The number of nitrogens with one attached hydrogen (secondary N) is 1. The van der Waals surface area contributed by atoms with Gasteiger partial charge < -0.3 is 19.7 Å². The van der Waals surface area contributed by atoms with Crippen LogP contribution in [0.3, 0.4) is 0 Å². The average Bonchev–Trinajstić information content (AvgIpc) is 3.26. The molecule has 0 bridgehead atoms. The molecule has 1 atom stereocenters. The highest BCUT2D eigenvalue weighted by Gasteiger charge is 2.30. The van der Waals surface area contributed by atoms with Crippen LogP contribution in [0.2, 0.25) is 0 Å². The molecule has 1 saturated heterocycles. The minimum atomic E-state index is -0.169. The van der Waals surface area contributed by atoms with Crippen molar-refractivity contribution in [1.29, 1.82) is 0 Å². The molecule has 150 valence electrons. The number of piperidine rings is 1. The summed E-state index contributed by atoms with van der Waals surface area (Å²) in [6, 6.07) is 5.19. The molecule has 4 rings (SSSR count). The van der Waals surface area contributed by atoms with Gasteiger partial charge in [0.25, 0.3) is 0 Å². The van der Waals surface area contributed by atoms with Crippen molar-refractivity contribution >= 4 is 11.7 Å². The molecule has 0 radical (unpaired) electrons. The van der Waals surface area contributed by atoms with E-state index in [9.17, 15) is 9.59 Å². The summed E-state index contributed by atoms with van der Waals surface area (Å²) in [6.07, 6.45) is 1.76. The van der Waals surface area contributed by atoms with Gasteiger partial charge in [-0.05, 0) is 38.8 Å². The van der Waals surface area contributed by atoms with E-state index in [1.54, 1.807) is 34.7 Å². The molecule has 1 aromatic carbocycles. The zero-order valence-electron chi connectivity index (χ0n) is 16.3. The fourth-order valence-electron chi connectivity index (χ4n) is 3.81. The predicted molar refractivity (Wildman–Crippen MR) is 103 cm³/mol. The third-order valence-corrected chi connectivity index (χ3v) is 5.20. The summed E-state index contributed by atoms with van der Waals surface area (Å²) in [5.74, 6) is 2.09. The van der Waals surface area contributed by atoms with Crippen LogP contribution in [0.15, 0.2) is 23.0 Å². The third kappa shape index (κ3) is 3.32. The Bertz CT molecular complexity index is 948. The standard InChI is InChI=1S/C19H25N5O4/c1-12(2)24-17(21-22(3)19(24)26)13-5-4-8-23(10-13)18(25)20-14-6-7-15-16(9-14)28-11-27-15/h6-7,9,12-13H,4-5,8,10-11H2,1-3H3,(H,20,25). The molecule has 0 aliphatic carbocycles. The Morgan fingerprint density at radius 2 is 2.07 bits per heavy atom. The molecule has 1 unspecified atom stereocenters. The van der Waals surface area contributed by atoms with Crippen LogP contribution in [0.5, 0.6) is 11.5 Å². The topological polar surface area (TPSA) is 90.6 Å². The Hall–Kier alpha value is -2.97. The van der Waals surface area contributed by atoms with Crippen molar-refractivity contribution in [3.8, 4) is 11.5 Å². The van der Waals surface area contributed by atoms with Crippen LogP contribution < -0.4 is 20.5 Å². The van der Waals surface area contributed by atoms with E-state index in [-0.39, 0.29) is 30.5 Å². The van der Waals surface area contributed by atoms with Gasteiger partial charge in [-0.15, -0.1) is 0 Å². The van der Waals surface area contributed by atoms with Crippen molar-refractivity contribution in [2.45, 2.75) is 38.6 Å². The highest BCUT2D eigenvalue weighted by atomic mass is 16.7. The number of fused-ring (bicyclic) bond motifs is 1. The Morgan fingerprint density at radius 1 is 1.29 bits per heavy atom. The number of carbonyl (C=O) groups excluding carboxylic acids is 1. The SMILES string of the molecule is CC(C)n1c(C2CCCN(C(=O)Nc3ccc4c(c3)OCO4)C2)nn(C)c1=O. The smallest absolute Gasteiger partial charge is 0.345 e. The number of ether oxygens (including phenoxy) is 2. The summed E-state index contributed by atoms with van der Waals surface area (Å²) in [7, 11) is 1.66. The Kier molecular flexibility index (Phi) is 4.74. The van der Waals surface area contributed by atoms with Crippen molar-refractivity contribution in [1.82, 2.24) is 19.2 Å². The van der Waals surface area contributed by atoms with Gasteiger partial charge in [0.1, 0.15) is 5.82 Å². The summed E-state index contributed by atoms with van der Waals surface area (Å²) >= 11 is 0. The summed E-state index contributed by atoms with van der Waals surface area (Å²) in [6.45, 7) is 5.34. The molecule has 2 aliphatic rings. The number of likely N-dealkylation sites (tertiary alicyclic amines) is 1. The van der Waals surface area contributed by atoms with Crippen molar-refractivity contribution < 1.29 is 14.3 Å². The van der Waals surface area contributed by atoms with Gasteiger partial charge in [0.2, 0.25) is 6.79 Å². The van der Waals surface area contributed by atoms with Crippen LogP contribution >= 0.6 is 0 Å². The molecule has 1 aromatic heterocycles. The number of benzene rings is 1. The molecular weight excluding hydrogens is 362 g/mol. The predicted octanol–water partition coefficient (Wildman–Crippen LogP) is 2.30. The maximum absolute atomic E-state index is 12.8. The number of aromatic nitrogens is 3. The second-order valence-corrected chi connectivity index (χ2v) is 7.51. The lowest BCUT2D eigenvalue weighted by molar-refractivity contribution is 0.174. The number of anilines is 1. The molecule has 2 amide bonds. The maximum atomic E-state index is 12.8. The number of nitrogens with zero attached hydrogens (tertiary/aromatic N) is 4. The average molecular weight is 387 g/mol. The Labute approximate surface area is 162 Å². The minimum absolute atomic E-state index is 0.0223. The van der Waals surface area contributed by atoms with E-state index in [1.807, 2.05) is 13.8 Å². The number of amides is 2. The molecule has 3 heterocycles. The quantitative estimate of drug-likeness (QED) is 0.873. The van der Waals surface area contributed by atoms with Crippen LogP contribution in [0.1, 0.15) is 44.5 Å². The summed E-state index contributed by atoms with van der Waals surface area (Å²) < 4.78 is 13.8. The highest BCUT2D eigenvalue weighted by Crippen LogP contribution is 2.34. The van der Waals surface area contributed by atoms with E-state index in [2.05, 4.69) is 10.4 Å². The van der Waals surface area contributed by atoms with Crippen LogP contribution in [0, 0.1) is 0 Å². The number of rotatable bonds is 3. The van der Waals surface area contributed by atoms with Gasteiger partial charge in [0.15, 0.2) is 11.5 Å². The van der Waals surface area contributed by atoms with E-state index in [0.717, 1.165) is 18.7 Å². The maximum Gasteiger partial charge on any atom is 0.345 e. The molecule has 0 spiro atoms. The van der Waals surface area contributed by atoms with Gasteiger partial charge in [-0.25, -0.2) is 14.3 Å². The fraction of sp³-hybridized carbons (Fsp3) is 0.526. The molecule has 9 heteroatoms. The molecule has 0 saturated carbocycles. The summed E-state index contributed by atoms with van der Waals surface area (Å²) in [5.41, 5.74) is 0.542. The first kappa shape index (κ1) is 18.4. The second-order valence-electron chi connectivity index (χ2n) is 7.51. The van der Waals surface area contributed by atoms with Gasteiger partial charge in [-0.2, -0.15) is 5.10 Å². The summed E-state index contributed by atoms with van der Waals surface area (Å²) in [5, 5.41) is 7.38. The Balaban J connectivity index is 1.49. The van der Waals surface area contributed by atoms with E-state index in [4.69, 9.17) is 9.47 Å². The lowest BCUT2D eigenvalue weighted by Gasteiger charge is -2.32. The molecule has 28 heavy (non-hydrogen) atoms. The first-order valence-corrected chi connectivity index (χ1v) is 9.55. The van der Waals surface area contributed by atoms with Crippen molar-refractivity contribution in [3.63, 3.8) is 0 Å².